The molecule has 2 heteroatoms. The maximum atomic E-state index is 6.12. The minimum atomic E-state index is 0.127. The molecule has 1 aromatic carbocycles. The third-order valence-corrected chi connectivity index (χ3v) is 4.12. The molecule has 1 aromatic rings. The van der Waals surface area contributed by atoms with Gasteiger partial charge >= 0.3 is 0 Å². The SMILES string of the molecule is C[C@@H](N)c1ccccc1N(CC1CC1)CC1CC1. The Hall–Kier alpha value is -1.02. The van der Waals surface area contributed by atoms with Crippen LogP contribution in [-0.2, 0) is 0 Å². The van der Waals surface area contributed by atoms with Crippen molar-refractivity contribution in [3.63, 3.8) is 0 Å². The van der Waals surface area contributed by atoms with Gasteiger partial charge in [0.05, 0.1) is 0 Å². The molecule has 0 saturated heterocycles. The first-order valence-corrected chi connectivity index (χ1v) is 7.33. The van der Waals surface area contributed by atoms with E-state index >= 15 is 0 Å². The van der Waals surface area contributed by atoms with Gasteiger partial charge in [-0.1, -0.05) is 18.2 Å². The average Bonchev–Trinajstić information content (AvgIpc) is 3.23. The predicted octanol–water partition coefficient (Wildman–Crippen LogP) is 3.33. The summed E-state index contributed by atoms with van der Waals surface area (Å²) in [6, 6.07) is 8.82. The van der Waals surface area contributed by atoms with Crippen LogP contribution in [0.1, 0.15) is 44.2 Å². The zero-order chi connectivity index (χ0) is 12.5. The summed E-state index contributed by atoms with van der Waals surface area (Å²) in [6.07, 6.45) is 5.67. The van der Waals surface area contributed by atoms with E-state index in [4.69, 9.17) is 5.73 Å². The van der Waals surface area contributed by atoms with Crippen molar-refractivity contribution in [2.75, 3.05) is 18.0 Å². The maximum Gasteiger partial charge on any atom is 0.0414 e. The molecule has 0 spiro atoms. The Balaban J connectivity index is 1.82. The van der Waals surface area contributed by atoms with Crippen LogP contribution in [0.5, 0.6) is 0 Å². The van der Waals surface area contributed by atoms with Gasteiger partial charge in [0.15, 0.2) is 0 Å². The van der Waals surface area contributed by atoms with Gasteiger partial charge in [-0.25, -0.2) is 0 Å². The van der Waals surface area contributed by atoms with Crippen molar-refractivity contribution in [2.45, 2.75) is 38.6 Å². The second kappa shape index (κ2) is 4.93. The highest BCUT2D eigenvalue weighted by atomic mass is 15.1. The predicted molar refractivity (Wildman–Crippen MR) is 76.7 cm³/mol. The molecular formula is C16H24N2. The van der Waals surface area contributed by atoms with Gasteiger partial charge in [-0.15, -0.1) is 0 Å². The number of para-hydroxylation sites is 1. The fourth-order valence-electron chi connectivity index (χ4n) is 2.66. The molecule has 1 atom stereocenters. The van der Waals surface area contributed by atoms with Gasteiger partial charge in [-0.3, -0.25) is 0 Å². The molecule has 18 heavy (non-hydrogen) atoms. The Kier molecular flexibility index (Phi) is 3.29. The molecule has 3 rings (SSSR count). The lowest BCUT2D eigenvalue weighted by Crippen LogP contribution is -2.29. The summed E-state index contributed by atoms with van der Waals surface area (Å²) in [6.45, 7) is 4.56. The highest BCUT2D eigenvalue weighted by Gasteiger charge is 2.30. The number of hydrogen-bond donors (Lipinski definition) is 1. The van der Waals surface area contributed by atoms with E-state index in [0.29, 0.717) is 0 Å². The highest BCUT2D eigenvalue weighted by Crippen LogP contribution is 2.37. The lowest BCUT2D eigenvalue weighted by atomic mass is 10.1. The lowest BCUT2D eigenvalue weighted by molar-refractivity contribution is 0.671. The average molecular weight is 244 g/mol. The minimum Gasteiger partial charge on any atom is -0.371 e. The van der Waals surface area contributed by atoms with Gasteiger partial charge in [-0.2, -0.15) is 0 Å². The van der Waals surface area contributed by atoms with Gasteiger partial charge in [0.1, 0.15) is 0 Å². The third kappa shape index (κ3) is 2.86. The van der Waals surface area contributed by atoms with E-state index in [1.165, 1.54) is 50.0 Å². The molecule has 0 amide bonds. The van der Waals surface area contributed by atoms with Crippen LogP contribution in [0.2, 0.25) is 0 Å². The summed E-state index contributed by atoms with van der Waals surface area (Å²) >= 11 is 0. The van der Waals surface area contributed by atoms with Crippen molar-refractivity contribution in [3.05, 3.63) is 29.8 Å². The molecule has 2 saturated carbocycles. The maximum absolute atomic E-state index is 6.12. The number of benzene rings is 1. The Morgan fingerprint density at radius 2 is 1.67 bits per heavy atom. The summed E-state index contributed by atoms with van der Waals surface area (Å²) < 4.78 is 0. The summed E-state index contributed by atoms with van der Waals surface area (Å²) in [4.78, 5) is 2.61. The molecule has 2 aliphatic rings. The van der Waals surface area contributed by atoms with E-state index in [9.17, 15) is 0 Å². The van der Waals surface area contributed by atoms with E-state index in [-0.39, 0.29) is 6.04 Å². The Morgan fingerprint density at radius 3 is 2.17 bits per heavy atom. The summed E-state index contributed by atoms with van der Waals surface area (Å²) in [5.41, 5.74) is 8.80. The molecule has 2 fully saturated rings. The van der Waals surface area contributed by atoms with E-state index < -0.39 is 0 Å². The van der Waals surface area contributed by atoms with Gasteiger partial charge in [0, 0.05) is 24.8 Å². The zero-order valence-corrected chi connectivity index (χ0v) is 11.3. The molecule has 0 aliphatic heterocycles. The normalized spacial score (nSPS) is 20.8. The largest absolute Gasteiger partial charge is 0.371 e. The molecule has 2 N–H and O–H groups in total. The monoisotopic (exact) mass is 244 g/mol. The topological polar surface area (TPSA) is 29.3 Å². The first kappa shape index (κ1) is 12.0. The van der Waals surface area contributed by atoms with Crippen LogP contribution in [0.4, 0.5) is 5.69 Å². The Bertz CT molecular complexity index is 391. The number of nitrogens with zero attached hydrogens (tertiary/aromatic N) is 1. The van der Waals surface area contributed by atoms with Crippen molar-refractivity contribution in [1.29, 1.82) is 0 Å². The standard InChI is InChI=1S/C16H24N2/c1-12(17)15-4-2-3-5-16(15)18(10-13-6-7-13)11-14-8-9-14/h2-5,12-14H,6-11,17H2,1H3/t12-/m1/s1. The van der Waals surface area contributed by atoms with E-state index in [1.54, 1.807) is 0 Å². The number of nitrogens with two attached hydrogens (primary N) is 1. The molecule has 0 unspecified atom stereocenters. The van der Waals surface area contributed by atoms with Crippen LogP contribution >= 0.6 is 0 Å². The van der Waals surface area contributed by atoms with Gasteiger partial charge in [0.25, 0.3) is 0 Å². The molecule has 0 heterocycles. The van der Waals surface area contributed by atoms with Crippen molar-refractivity contribution in [2.24, 2.45) is 17.6 Å². The molecule has 2 nitrogen and oxygen atoms in total. The van der Waals surface area contributed by atoms with Crippen LogP contribution in [0.25, 0.3) is 0 Å². The van der Waals surface area contributed by atoms with Gasteiger partial charge < -0.3 is 10.6 Å². The zero-order valence-electron chi connectivity index (χ0n) is 11.3. The fourth-order valence-corrected chi connectivity index (χ4v) is 2.66. The van der Waals surface area contributed by atoms with Crippen molar-refractivity contribution in [1.82, 2.24) is 0 Å². The number of hydrogen-bond acceptors (Lipinski definition) is 2. The minimum absolute atomic E-state index is 0.127. The smallest absolute Gasteiger partial charge is 0.0414 e. The van der Waals surface area contributed by atoms with Crippen LogP contribution in [0, 0.1) is 11.8 Å². The first-order valence-electron chi connectivity index (χ1n) is 7.33. The number of rotatable bonds is 6. The van der Waals surface area contributed by atoms with Crippen LogP contribution in [0.15, 0.2) is 24.3 Å². The Morgan fingerprint density at radius 1 is 1.11 bits per heavy atom. The lowest BCUT2D eigenvalue weighted by Gasteiger charge is -2.28. The van der Waals surface area contributed by atoms with E-state index in [2.05, 4.69) is 36.1 Å². The molecule has 0 radical (unpaired) electrons. The second-order valence-corrected chi connectivity index (χ2v) is 6.14. The molecular weight excluding hydrogens is 220 g/mol. The quantitative estimate of drug-likeness (QED) is 0.831. The summed E-state index contributed by atoms with van der Waals surface area (Å²) in [5, 5.41) is 0. The third-order valence-electron chi connectivity index (χ3n) is 4.12. The second-order valence-electron chi connectivity index (χ2n) is 6.14. The van der Waals surface area contributed by atoms with E-state index in [1.807, 2.05) is 0 Å². The van der Waals surface area contributed by atoms with E-state index in [0.717, 1.165) is 11.8 Å². The van der Waals surface area contributed by atoms with Crippen LogP contribution in [-0.4, -0.2) is 13.1 Å². The molecule has 98 valence electrons. The van der Waals surface area contributed by atoms with Crippen molar-refractivity contribution in [3.8, 4) is 0 Å². The van der Waals surface area contributed by atoms with Crippen LogP contribution in [0.3, 0.4) is 0 Å². The fraction of sp³-hybridized carbons (Fsp3) is 0.625. The summed E-state index contributed by atoms with van der Waals surface area (Å²) in [5.74, 6) is 1.87. The number of anilines is 1. The first-order chi connectivity index (χ1) is 8.74. The molecule has 2 aliphatic carbocycles. The molecule has 0 aromatic heterocycles. The summed E-state index contributed by atoms with van der Waals surface area (Å²) in [7, 11) is 0. The van der Waals surface area contributed by atoms with Gasteiger partial charge in [-0.05, 0) is 56.1 Å². The van der Waals surface area contributed by atoms with Crippen molar-refractivity contribution >= 4 is 5.69 Å². The van der Waals surface area contributed by atoms with Crippen LogP contribution < -0.4 is 10.6 Å². The van der Waals surface area contributed by atoms with Crippen molar-refractivity contribution < 1.29 is 0 Å². The Labute approximate surface area is 110 Å². The highest BCUT2D eigenvalue weighted by molar-refractivity contribution is 5.55. The van der Waals surface area contributed by atoms with Gasteiger partial charge in [0.2, 0.25) is 0 Å². The molecule has 0 bridgehead atoms.